The number of ether oxygens (including phenoxy) is 1. The molecule has 100 valence electrons. The van der Waals surface area contributed by atoms with Crippen molar-refractivity contribution in [1.82, 2.24) is 0 Å². The average Bonchev–Trinajstić information content (AvgIpc) is 2.43. The minimum Gasteiger partial charge on any atom is -0.494 e. The molecule has 4 heteroatoms. The summed E-state index contributed by atoms with van der Waals surface area (Å²) in [7, 11) is 0. The number of halogens is 1. The lowest BCUT2D eigenvalue weighted by Gasteiger charge is -2.10. The number of hydrogen-bond donors (Lipinski definition) is 2. The molecule has 0 atom stereocenters. The van der Waals surface area contributed by atoms with Crippen molar-refractivity contribution in [1.29, 1.82) is 0 Å². The van der Waals surface area contributed by atoms with Crippen LogP contribution in [0.1, 0.15) is 13.3 Å². The first-order valence-corrected chi connectivity index (χ1v) is 6.24. The number of anilines is 3. The molecule has 0 saturated carbocycles. The Morgan fingerprint density at radius 1 is 1.16 bits per heavy atom. The summed E-state index contributed by atoms with van der Waals surface area (Å²) in [6.07, 6.45) is 0.972. The SMILES string of the molecule is CCCOc1ccc(Nc2cccc(F)c2N)cc1. The van der Waals surface area contributed by atoms with Gasteiger partial charge in [0.05, 0.1) is 18.0 Å². The maximum absolute atomic E-state index is 13.3. The molecular weight excluding hydrogens is 243 g/mol. The van der Waals surface area contributed by atoms with Crippen molar-refractivity contribution in [3.8, 4) is 5.75 Å². The molecule has 0 amide bonds. The van der Waals surface area contributed by atoms with Gasteiger partial charge in [-0.15, -0.1) is 0 Å². The molecule has 0 aromatic heterocycles. The Kier molecular flexibility index (Phi) is 4.23. The van der Waals surface area contributed by atoms with Crippen molar-refractivity contribution in [2.45, 2.75) is 13.3 Å². The topological polar surface area (TPSA) is 47.3 Å². The third-order valence-corrected chi connectivity index (χ3v) is 2.66. The van der Waals surface area contributed by atoms with Gasteiger partial charge in [-0.1, -0.05) is 13.0 Å². The summed E-state index contributed by atoms with van der Waals surface area (Å²) in [4.78, 5) is 0. The largest absolute Gasteiger partial charge is 0.494 e. The predicted molar refractivity (Wildman–Crippen MR) is 76.3 cm³/mol. The smallest absolute Gasteiger partial charge is 0.148 e. The van der Waals surface area contributed by atoms with E-state index in [-0.39, 0.29) is 5.69 Å². The van der Waals surface area contributed by atoms with Crippen molar-refractivity contribution < 1.29 is 9.13 Å². The fourth-order valence-electron chi connectivity index (χ4n) is 1.66. The summed E-state index contributed by atoms with van der Waals surface area (Å²) in [6, 6.07) is 12.2. The highest BCUT2D eigenvalue weighted by Crippen LogP contribution is 2.26. The number of nitrogen functional groups attached to an aromatic ring is 1. The van der Waals surface area contributed by atoms with E-state index < -0.39 is 5.82 Å². The van der Waals surface area contributed by atoms with Crippen LogP contribution in [0.3, 0.4) is 0 Å². The molecule has 2 aromatic carbocycles. The Morgan fingerprint density at radius 3 is 2.58 bits per heavy atom. The normalized spacial score (nSPS) is 10.2. The monoisotopic (exact) mass is 260 g/mol. The van der Waals surface area contributed by atoms with Gasteiger partial charge in [0.25, 0.3) is 0 Å². The lowest BCUT2D eigenvalue weighted by molar-refractivity contribution is 0.317. The maximum atomic E-state index is 13.3. The molecule has 3 nitrogen and oxygen atoms in total. The van der Waals surface area contributed by atoms with Gasteiger partial charge in [0, 0.05) is 5.69 Å². The number of nitrogens with one attached hydrogen (secondary N) is 1. The van der Waals surface area contributed by atoms with E-state index in [4.69, 9.17) is 10.5 Å². The Labute approximate surface area is 112 Å². The zero-order chi connectivity index (χ0) is 13.7. The van der Waals surface area contributed by atoms with E-state index in [0.29, 0.717) is 12.3 Å². The van der Waals surface area contributed by atoms with Crippen molar-refractivity contribution >= 4 is 17.1 Å². The van der Waals surface area contributed by atoms with E-state index in [9.17, 15) is 4.39 Å². The second-order valence-corrected chi connectivity index (χ2v) is 4.20. The molecule has 2 rings (SSSR count). The average molecular weight is 260 g/mol. The molecule has 0 aliphatic heterocycles. The van der Waals surface area contributed by atoms with Crippen LogP contribution in [0, 0.1) is 5.82 Å². The zero-order valence-electron chi connectivity index (χ0n) is 10.8. The number of hydrogen-bond acceptors (Lipinski definition) is 3. The van der Waals surface area contributed by atoms with Crippen LogP contribution in [0.5, 0.6) is 5.75 Å². The number of para-hydroxylation sites is 1. The van der Waals surface area contributed by atoms with Gasteiger partial charge in [-0.2, -0.15) is 0 Å². The van der Waals surface area contributed by atoms with Crippen LogP contribution in [0.25, 0.3) is 0 Å². The minimum absolute atomic E-state index is 0.119. The van der Waals surface area contributed by atoms with Crippen LogP contribution in [0.2, 0.25) is 0 Å². The van der Waals surface area contributed by atoms with Crippen LogP contribution in [0.4, 0.5) is 21.5 Å². The first-order chi connectivity index (χ1) is 9.20. The molecule has 2 aromatic rings. The van der Waals surface area contributed by atoms with E-state index in [0.717, 1.165) is 17.9 Å². The number of benzene rings is 2. The minimum atomic E-state index is -0.423. The lowest BCUT2D eigenvalue weighted by atomic mass is 10.2. The first kappa shape index (κ1) is 13.2. The Morgan fingerprint density at radius 2 is 1.89 bits per heavy atom. The Balaban J connectivity index is 2.09. The van der Waals surface area contributed by atoms with E-state index in [1.165, 1.54) is 6.07 Å². The van der Waals surface area contributed by atoms with E-state index in [1.807, 2.05) is 24.3 Å². The van der Waals surface area contributed by atoms with Crippen molar-refractivity contribution in [2.75, 3.05) is 17.7 Å². The fraction of sp³-hybridized carbons (Fsp3) is 0.200. The molecule has 0 heterocycles. The Bertz CT molecular complexity index is 540. The summed E-state index contributed by atoms with van der Waals surface area (Å²) in [5, 5.41) is 3.08. The van der Waals surface area contributed by atoms with Crippen LogP contribution in [-0.2, 0) is 0 Å². The summed E-state index contributed by atoms with van der Waals surface area (Å²) in [6.45, 7) is 2.76. The second kappa shape index (κ2) is 6.09. The van der Waals surface area contributed by atoms with Gasteiger partial charge in [-0.05, 0) is 42.8 Å². The third kappa shape index (κ3) is 3.37. The van der Waals surface area contributed by atoms with Crippen LogP contribution >= 0.6 is 0 Å². The van der Waals surface area contributed by atoms with Crippen LogP contribution < -0.4 is 15.8 Å². The van der Waals surface area contributed by atoms with Gasteiger partial charge in [-0.25, -0.2) is 4.39 Å². The molecule has 0 aliphatic rings. The van der Waals surface area contributed by atoms with Crippen molar-refractivity contribution in [2.24, 2.45) is 0 Å². The van der Waals surface area contributed by atoms with E-state index in [1.54, 1.807) is 12.1 Å². The predicted octanol–water partition coefficient (Wildman–Crippen LogP) is 3.94. The maximum Gasteiger partial charge on any atom is 0.148 e. The van der Waals surface area contributed by atoms with Gasteiger partial charge in [0.15, 0.2) is 0 Å². The van der Waals surface area contributed by atoms with Crippen LogP contribution in [-0.4, -0.2) is 6.61 Å². The molecule has 0 unspecified atom stereocenters. The molecule has 0 aliphatic carbocycles. The van der Waals surface area contributed by atoms with Gasteiger partial charge in [0.2, 0.25) is 0 Å². The quantitative estimate of drug-likeness (QED) is 0.800. The standard InChI is InChI=1S/C15H17FN2O/c1-2-10-19-12-8-6-11(7-9-12)18-14-5-3-4-13(16)15(14)17/h3-9,18H,2,10,17H2,1H3. The summed E-state index contributed by atoms with van der Waals surface area (Å²) >= 11 is 0. The lowest BCUT2D eigenvalue weighted by Crippen LogP contribution is -1.99. The molecular formula is C15H17FN2O. The highest BCUT2D eigenvalue weighted by atomic mass is 19.1. The molecule has 3 N–H and O–H groups in total. The van der Waals surface area contributed by atoms with Crippen molar-refractivity contribution in [3.05, 3.63) is 48.3 Å². The van der Waals surface area contributed by atoms with Gasteiger partial charge in [-0.3, -0.25) is 0 Å². The van der Waals surface area contributed by atoms with Crippen molar-refractivity contribution in [3.63, 3.8) is 0 Å². The van der Waals surface area contributed by atoms with E-state index >= 15 is 0 Å². The molecule has 0 saturated heterocycles. The third-order valence-electron chi connectivity index (χ3n) is 2.66. The number of nitrogens with two attached hydrogens (primary N) is 1. The first-order valence-electron chi connectivity index (χ1n) is 6.24. The summed E-state index contributed by atoms with van der Waals surface area (Å²) < 4.78 is 18.8. The molecule has 19 heavy (non-hydrogen) atoms. The summed E-state index contributed by atoms with van der Waals surface area (Å²) in [5.41, 5.74) is 7.18. The second-order valence-electron chi connectivity index (χ2n) is 4.20. The highest BCUT2D eigenvalue weighted by molar-refractivity contribution is 5.72. The molecule has 0 radical (unpaired) electrons. The summed E-state index contributed by atoms with van der Waals surface area (Å²) in [5.74, 6) is 0.396. The zero-order valence-corrected chi connectivity index (χ0v) is 10.8. The molecule has 0 spiro atoms. The van der Waals surface area contributed by atoms with E-state index in [2.05, 4.69) is 12.2 Å². The highest BCUT2D eigenvalue weighted by Gasteiger charge is 2.04. The molecule has 0 bridgehead atoms. The van der Waals surface area contributed by atoms with Gasteiger partial charge >= 0.3 is 0 Å². The van der Waals surface area contributed by atoms with Crippen LogP contribution in [0.15, 0.2) is 42.5 Å². The van der Waals surface area contributed by atoms with Gasteiger partial charge < -0.3 is 15.8 Å². The number of rotatable bonds is 5. The fourth-order valence-corrected chi connectivity index (χ4v) is 1.66. The molecule has 0 fully saturated rings. The Hall–Kier alpha value is -2.23. The van der Waals surface area contributed by atoms with Gasteiger partial charge in [0.1, 0.15) is 11.6 Å².